The van der Waals surface area contributed by atoms with Crippen molar-refractivity contribution in [3.8, 4) is 11.5 Å². The molecule has 0 spiro atoms. The van der Waals surface area contributed by atoms with Gasteiger partial charge in [0.15, 0.2) is 0 Å². The summed E-state index contributed by atoms with van der Waals surface area (Å²) in [7, 11) is -3.00. The van der Waals surface area contributed by atoms with E-state index in [9.17, 15) is 0 Å². The zero-order valence-corrected chi connectivity index (χ0v) is 21.6. The molecule has 0 unspecified atom stereocenters. The molecule has 4 N–H and O–H groups in total. The van der Waals surface area contributed by atoms with Crippen LogP contribution >= 0.6 is 0 Å². The average Bonchev–Trinajstić information content (AvgIpc) is 2.72. The van der Waals surface area contributed by atoms with Gasteiger partial charge in [-0.25, -0.2) is 0 Å². The minimum absolute atomic E-state index is 0.357. The Bertz CT molecular complexity index is 796. The van der Waals surface area contributed by atoms with Gasteiger partial charge in [0.1, 0.15) is 11.5 Å². The zero-order valence-electron chi connectivity index (χ0n) is 20.6. The van der Waals surface area contributed by atoms with Crippen LogP contribution in [0.1, 0.15) is 53.9 Å². The van der Waals surface area contributed by atoms with E-state index >= 15 is 0 Å². The maximum absolute atomic E-state index is 6.58. The molecule has 2 aromatic rings. The van der Waals surface area contributed by atoms with Crippen LogP contribution in [0, 0.1) is 0 Å². The van der Waals surface area contributed by atoms with Gasteiger partial charge in [-0.3, -0.25) is 0 Å². The highest BCUT2D eigenvalue weighted by atomic mass is 28.4. The molecule has 8 heteroatoms. The van der Waals surface area contributed by atoms with E-state index in [0.717, 1.165) is 12.8 Å². The molecular weight excluding hydrogens is 436 g/mol. The predicted molar refractivity (Wildman–Crippen MR) is 135 cm³/mol. The van der Waals surface area contributed by atoms with Crippen molar-refractivity contribution < 1.29 is 22.8 Å². The molecule has 0 amide bonds. The molecule has 33 heavy (non-hydrogen) atoms. The molecule has 2 rings (SSSR count). The summed E-state index contributed by atoms with van der Waals surface area (Å²) >= 11 is 0. The maximum atomic E-state index is 6.58. The van der Waals surface area contributed by atoms with E-state index in [1.807, 2.05) is 50.2 Å². The SMILES string of the molecule is CCCC(C)(C)O[Si](CCC(Oc1cccc(N)c1)Oc1cccc(N)c1)(OCC)OCC. The Morgan fingerprint density at radius 1 is 0.848 bits per heavy atom. The molecule has 7 nitrogen and oxygen atoms in total. The van der Waals surface area contributed by atoms with Crippen LogP contribution in [0.25, 0.3) is 0 Å². The first-order chi connectivity index (χ1) is 15.7. The van der Waals surface area contributed by atoms with Crippen molar-refractivity contribution in [3.63, 3.8) is 0 Å². The lowest BCUT2D eigenvalue weighted by molar-refractivity contribution is -0.0285. The molecule has 2 aromatic carbocycles. The number of ether oxygens (including phenoxy) is 2. The standard InChI is InChI=1S/C25H40N2O5Si/c1-6-16-25(4,5)32-33(28-7-2,29-8-3)17-15-24(30-22-13-9-11-20(26)18-22)31-23-14-10-12-21(27)19-23/h9-14,18-19,24H,6-8,15-17,26-27H2,1-5H3. The van der Waals surface area contributed by atoms with E-state index in [4.69, 9.17) is 34.2 Å². The van der Waals surface area contributed by atoms with Gasteiger partial charge in [0, 0.05) is 49.2 Å². The van der Waals surface area contributed by atoms with Gasteiger partial charge in [0.05, 0.1) is 5.60 Å². The van der Waals surface area contributed by atoms with Crippen LogP contribution in [0.3, 0.4) is 0 Å². The molecule has 0 radical (unpaired) electrons. The Balaban J connectivity index is 2.25. The molecule has 0 aromatic heterocycles. The quantitative estimate of drug-likeness (QED) is 0.195. The number of hydrogen-bond acceptors (Lipinski definition) is 7. The fourth-order valence-corrected chi connectivity index (χ4v) is 6.73. The molecule has 0 atom stereocenters. The van der Waals surface area contributed by atoms with Crippen LogP contribution in [0.2, 0.25) is 6.04 Å². The fraction of sp³-hybridized carbons (Fsp3) is 0.520. The van der Waals surface area contributed by atoms with Gasteiger partial charge >= 0.3 is 8.80 Å². The van der Waals surface area contributed by atoms with E-state index in [0.29, 0.717) is 48.6 Å². The van der Waals surface area contributed by atoms with Crippen molar-refractivity contribution in [2.45, 2.75) is 71.8 Å². The van der Waals surface area contributed by atoms with Crippen molar-refractivity contribution in [1.82, 2.24) is 0 Å². The van der Waals surface area contributed by atoms with Crippen LogP contribution in [0.5, 0.6) is 11.5 Å². The molecule has 184 valence electrons. The van der Waals surface area contributed by atoms with Crippen molar-refractivity contribution in [3.05, 3.63) is 48.5 Å². The lowest BCUT2D eigenvalue weighted by Crippen LogP contribution is -2.52. The molecule has 0 bridgehead atoms. The summed E-state index contributed by atoms with van der Waals surface area (Å²) in [6.45, 7) is 11.2. The third-order valence-electron chi connectivity index (χ3n) is 4.95. The minimum Gasteiger partial charge on any atom is -0.455 e. The monoisotopic (exact) mass is 476 g/mol. The Labute approximate surface area is 199 Å². The van der Waals surface area contributed by atoms with E-state index < -0.39 is 15.1 Å². The van der Waals surface area contributed by atoms with Crippen molar-refractivity contribution >= 4 is 20.2 Å². The number of hydrogen-bond donors (Lipinski definition) is 2. The molecule has 0 heterocycles. The van der Waals surface area contributed by atoms with E-state index in [-0.39, 0.29) is 5.60 Å². The van der Waals surface area contributed by atoms with Crippen molar-refractivity contribution in [2.24, 2.45) is 0 Å². The average molecular weight is 477 g/mol. The van der Waals surface area contributed by atoms with Gasteiger partial charge in [0.25, 0.3) is 0 Å². The van der Waals surface area contributed by atoms with Crippen LogP contribution in [-0.2, 0) is 13.3 Å². The van der Waals surface area contributed by atoms with E-state index in [1.54, 1.807) is 12.1 Å². The summed E-state index contributed by atoms with van der Waals surface area (Å²) < 4.78 is 31.3. The Morgan fingerprint density at radius 3 is 1.79 bits per heavy atom. The lowest BCUT2D eigenvalue weighted by atomic mass is 10.0. The highest BCUT2D eigenvalue weighted by Gasteiger charge is 2.45. The summed E-state index contributed by atoms with van der Waals surface area (Å²) in [6.07, 6.45) is 1.80. The van der Waals surface area contributed by atoms with Gasteiger partial charge in [0.2, 0.25) is 6.29 Å². The first-order valence-corrected chi connectivity index (χ1v) is 13.7. The van der Waals surface area contributed by atoms with Gasteiger partial charge in [-0.15, -0.1) is 0 Å². The molecule has 0 fully saturated rings. The molecule has 0 aliphatic heterocycles. The molecule has 0 saturated carbocycles. The number of nitrogen functional groups attached to an aromatic ring is 2. The zero-order chi connectivity index (χ0) is 24.3. The number of anilines is 2. The predicted octanol–water partition coefficient (Wildman–Crippen LogP) is 5.63. The first-order valence-electron chi connectivity index (χ1n) is 11.7. The van der Waals surface area contributed by atoms with Crippen LogP contribution < -0.4 is 20.9 Å². The summed E-state index contributed by atoms with van der Waals surface area (Å²) in [5.41, 5.74) is 12.8. The second-order valence-electron chi connectivity index (χ2n) is 8.51. The van der Waals surface area contributed by atoms with Gasteiger partial charge in [-0.1, -0.05) is 25.5 Å². The van der Waals surface area contributed by atoms with Crippen LogP contribution in [0.15, 0.2) is 48.5 Å². The largest absolute Gasteiger partial charge is 0.501 e. The third kappa shape index (κ3) is 9.25. The van der Waals surface area contributed by atoms with Crippen molar-refractivity contribution in [1.29, 1.82) is 0 Å². The second-order valence-corrected chi connectivity index (χ2v) is 11.2. The number of benzene rings is 2. The summed E-state index contributed by atoms with van der Waals surface area (Å²) in [4.78, 5) is 0. The Hall–Kier alpha value is -2.26. The Morgan fingerprint density at radius 2 is 1.36 bits per heavy atom. The van der Waals surface area contributed by atoms with Crippen molar-refractivity contribution in [2.75, 3.05) is 24.7 Å². The van der Waals surface area contributed by atoms with Gasteiger partial charge < -0.3 is 34.2 Å². The van der Waals surface area contributed by atoms with Crippen LogP contribution in [0.4, 0.5) is 11.4 Å². The fourth-order valence-electron chi connectivity index (χ4n) is 3.73. The third-order valence-corrected chi connectivity index (χ3v) is 8.17. The normalized spacial score (nSPS) is 12.2. The van der Waals surface area contributed by atoms with Crippen LogP contribution in [-0.4, -0.2) is 33.9 Å². The van der Waals surface area contributed by atoms with E-state index in [2.05, 4.69) is 20.8 Å². The molecule has 0 saturated heterocycles. The number of rotatable bonds is 15. The smallest absolute Gasteiger partial charge is 0.455 e. The summed E-state index contributed by atoms with van der Waals surface area (Å²) in [6, 6.07) is 15.1. The van der Waals surface area contributed by atoms with Gasteiger partial charge in [-0.05, 0) is 58.4 Å². The number of nitrogens with two attached hydrogens (primary N) is 2. The van der Waals surface area contributed by atoms with E-state index in [1.165, 1.54) is 0 Å². The summed E-state index contributed by atoms with van der Waals surface area (Å²) in [5, 5.41) is 0. The topological polar surface area (TPSA) is 98.2 Å². The first kappa shape index (κ1) is 27.0. The highest BCUT2D eigenvalue weighted by molar-refractivity contribution is 6.60. The second kappa shape index (κ2) is 12.8. The lowest BCUT2D eigenvalue weighted by Gasteiger charge is -2.37. The molecule has 0 aliphatic carbocycles. The molecular formula is C25H40N2O5Si. The van der Waals surface area contributed by atoms with Gasteiger partial charge in [-0.2, -0.15) is 0 Å². The molecule has 0 aliphatic rings. The Kier molecular flexibility index (Phi) is 10.5. The maximum Gasteiger partial charge on any atom is 0.501 e. The minimum atomic E-state index is -3.00. The highest BCUT2D eigenvalue weighted by Crippen LogP contribution is 2.30. The summed E-state index contributed by atoms with van der Waals surface area (Å²) in [5.74, 6) is 1.24.